The lowest BCUT2D eigenvalue weighted by molar-refractivity contribution is 0.234. The molecule has 0 aliphatic rings. The Morgan fingerprint density at radius 2 is 1.95 bits per heavy atom. The Hall–Kier alpha value is -2.08. The zero-order valence-electron chi connectivity index (χ0n) is 12.6. The second kappa shape index (κ2) is 6.58. The van der Waals surface area contributed by atoms with Gasteiger partial charge < -0.3 is 10.1 Å². The molecule has 21 heavy (non-hydrogen) atoms. The number of nitrogens with zero attached hydrogens (tertiary/aromatic N) is 1. The zero-order valence-corrected chi connectivity index (χ0v) is 13.4. The number of benzene rings is 1. The molecule has 2 N–H and O–H groups in total. The molecular formula is C15H19N3O2S. The van der Waals surface area contributed by atoms with E-state index in [-0.39, 0.29) is 12.8 Å². The van der Waals surface area contributed by atoms with Gasteiger partial charge in [0.05, 0.1) is 5.69 Å². The predicted octanol–water partition coefficient (Wildman–Crippen LogP) is 3.53. The molecular weight excluding hydrogens is 286 g/mol. The quantitative estimate of drug-likeness (QED) is 0.849. The van der Waals surface area contributed by atoms with E-state index < -0.39 is 0 Å². The number of amides is 2. The van der Waals surface area contributed by atoms with Crippen molar-refractivity contribution in [3.8, 4) is 5.75 Å². The average Bonchev–Trinajstić information content (AvgIpc) is 2.83. The number of thiazole rings is 1. The van der Waals surface area contributed by atoms with Crippen molar-refractivity contribution in [3.05, 3.63) is 39.9 Å². The molecule has 0 fully saturated rings. The molecule has 0 radical (unpaired) electrons. The van der Waals surface area contributed by atoms with E-state index in [2.05, 4.69) is 21.7 Å². The molecule has 0 atom stereocenters. The van der Waals surface area contributed by atoms with Crippen LogP contribution < -0.4 is 15.4 Å². The van der Waals surface area contributed by atoms with E-state index >= 15 is 0 Å². The molecule has 0 spiro atoms. The van der Waals surface area contributed by atoms with Crippen molar-refractivity contribution in [2.45, 2.75) is 27.7 Å². The van der Waals surface area contributed by atoms with Gasteiger partial charge >= 0.3 is 6.03 Å². The lowest BCUT2D eigenvalue weighted by Gasteiger charge is -2.14. The summed E-state index contributed by atoms with van der Waals surface area (Å²) in [4.78, 5) is 15.9. The van der Waals surface area contributed by atoms with E-state index in [0.717, 1.165) is 22.6 Å². The number of hydrogen-bond donors (Lipinski definition) is 2. The van der Waals surface area contributed by atoms with Crippen molar-refractivity contribution < 1.29 is 9.53 Å². The summed E-state index contributed by atoms with van der Waals surface area (Å²) >= 11 is 1.39. The average molecular weight is 305 g/mol. The Bertz CT molecular complexity index is 652. The van der Waals surface area contributed by atoms with Crippen LogP contribution in [0.3, 0.4) is 0 Å². The van der Waals surface area contributed by atoms with Crippen LogP contribution in [0, 0.1) is 27.7 Å². The number of aromatic nitrogens is 1. The van der Waals surface area contributed by atoms with Gasteiger partial charge in [0.1, 0.15) is 5.75 Å². The number of rotatable bonds is 4. The van der Waals surface area contributed by atoms with Crippen LogP contribution in [-0.4, -0.2) is 17.7 Å². The van der Waals surface area contributed by atoms with Gasteiger partial charge in [0, 0.05) is 5.38 Å². The van der Waals surface area contributed by atoms with Crippen molar-refractivity contribution in [3.63, 3.8) is 0 Å². The summed E-state index contributed by atoms with van der Waals surface area (Å²) in [7, 11) is 0. The number of hydrogen-bond acceptors (Lipinski definition) is 4. The summed E-state index contributed by atoms with van der Waals surface area (Å²) in [5.41, 5.74) is 4.19. The van der Waals surface area contributed by atoms with Gasteiger partial charge in [0.2, 0.25) is 0 Å². The van der Waals surface area contributed by atoms with Crippen LogP contribution in [-0.2, 0) is 0 Å². The first kappa shape index (κ1) is 15.3. The topological polar surface area (TPSA) is 63.2 Å². The minimum atomic E-state index is -0.327. The van der Waals surface area contributed by atoms with E-state index in [1.54, 1.807) is 0 Å². The molecule has 0 unspecified atom stereocenters. The summed E-state index contributed by atoms with van der Waals surface area (Å²) in [5, 5.41) is 7.78. The molecule has 1 aromatic heterocycles. The molecule has 112 valence electrons. The summed E-state index contributed by atoms with van der Waals surface area (Å²) in [5.74, 6) is 0.820. The molecule has 1 aromatic carbocycles. The van der Waals surface area contributed by atoms with Crippen LogP contribution in [0.4, 0.5) is 9.93 Å². The summed E-state index contributed by atoms with van der Waals surface area (Å²) in [6, 6.07) is 3.74. The molecule has 0 aliphatic heterocycles. The van der Waals surface area contributed by atoms with Crippen LogP contribution >= 0.6 is 11.3 Å². The Kier molecular flexibility index (Phi) is 4.80. The molecule has 6 heteroatoms. The van der Waals surface area contributed by atoms with Crippen LogP contribution in [0.5, 0.6) is 5.75 Å². The van der Waals surface area contributed by atoms with E-state index in [4.69, 9.17) is 4.74 Å². The van der Waals surface area contributed by atoms with Gasteiger partial charge in [-0.25, -0.2) is 9.78 Å². The molecule has 1 heterocycles. The largest absolute Gasteiger partial charge is 0.473 e. The van der Waals surface area contributed by atoms with Crippen molar-refractivity contribution in [2.24, 2.45) is 0 Å². The van der Waals surface area contributed by atoms with Gasteiger partial charge in [0.15, 0.2) is 11.9 Å². The Labute approximate surface area is 128 Å². The third kappa shape index (κ3) is 3.95. The smallest absolute Gasteiger partial charge is 0.323 e. The number of ether oxygens (including phenoxy) is 1. The lowest BCUT2D eigenvalue weighted by atomic mass is 10.1. The molecule has 5 nitrogen and oxygen atoms in total. The number of carbonyl (C=O) groups is 1. The third-order valence-electron chi connectivity index (χ3n) is 3.16. The highest BCUT2D eigenvalue weighted by molar-refractivity contribution is 7.13. The first-order valence-corrected chi connectivity index (χ1v) is 7.52. The number of urea groups is 1. The molecule has 0 aliphatic carbocycles. The first-order chi connectivity index (χ1) is 9.97. The molecule has 0 bridgehead atoms. The van der Waals surface area contributed by atoms with Gasteiger partial charge in [-0.2, -0.15) is 0 Å². The molecule has 0 saturated heterocycles. The second-order valence-electron chi connectivity index (χ2n) is 4.87. The monoisotopic (exact) mass is 305 g/mol. The Morgan fingerprint density at radius 1 is 1.24 bits per heavy atom. The lowest BCUT2D eigenvalue weighted by Crippen LogP contribution is -2.32. The maximum Gasteiger partial charge on any atom is 0.323 e. The highest BCUT2D eigenvalue weighted by Gasteiger charge is 2.08. The minimum Gasteiger partial charge on any atom is -0.473 e. The van der Waals surface area contributed by atoms with Crippen LogP contribution in [0.1, 0.15) is 22.4 Å². The Balaban J connectivity index is 1.87. The number of carbonyl (C=O) groups excluding carboxylic acids is 1. The fourth-order valence-electron chi connectivity index (χ4n) is 1.87. The third-order valence-corrected chi connectivity index (χ3v) is 4.04. The number of anilines is 1. The summed E-state index contributed by atoms with van der Waals surface area (Å²) in [6.45, 7) is 8.02. The van der Waals surface area contributed by atoms with E-state index in [0.29, 0.717) is 5.13 Å². The van der Waals surface area contributed by atoms with Crippen molar-refractivity contribution in [2.75, 3.05) is 12.0 Å². The van der Waals surface area contributed by atoms with Crippen molar-refractivity contribution in [1.82, 2.24) is 10.3 Å². The maximum absolute atomic E-state index is 11.7. The second-order valence-corrected chi connectivity index (χ2v) is 5.73. The van der Waals surface area contributed by atoms with Crippen molar-refractivity contribution >= 4 is 22.5 Å². The molecule has 2 rings (SSSR count). The standard InChI is InChI=1S/C15H19N3O2S/c1-9-5-6-10(2)13(12(9)4)20-8-16-14(19)18-15-17-11(3)7-21-15/h5-7H,8H2,1-4H3,(H2,16,17,18,19). The minimum absolute atomic E-state index is 0.112. The number of aryl methyl sites for hydroxylation is 3. The van der Waals surface area contributed by atoms with Crippen LogP contribution in [0.2, 0.25) is 0 Å². The van der Waals surface area contributed by atoms with Crippen LogP contribution in [0.25, 0.3) is 0 Å². The van der Waals surface area contributed by atoms with Crippen LogP contribution in [0.15, 0.2) is 17.5 Å². The zero-order chi connectivity index (χ0) is 15.4. The Morgan fingerprint density at radius 3 is 2.62 bits per heavy atom. The van der Waals surface area contributed by atoms with E-state index in [1.807, 2.05) is 39.1 Å². The normalized spacial score (nSPS) is 10.3. The maximum atomic E-state index is 11.7. The fourth-order valence-corrected chi connectivity index (χ4v) is 2.56. The van der Waals surface area contributed by atoms with E-state index in [1.165, 1.54) is 16.9 Å². The first-order valence-electron chi connectivity index (χ1n) is 6.64. The van der Waals surface area contributed by atoms with E-state index in [9.17, 15) is 4.79 Å². The van der Waals surface area contributed by atoms with Gasteiger partial charge in [-0.15, -0.1) is 11.3 Å². The van der Waals surface area contributed by atoms with Gasteiger partial charge in [-0.05, 0) is 44.4 Å². The highest BCUT2D eigenvalue weighted by atomic mass is 32.1. The summed E-state index contributed by atoms with van der Waals surface area (Å²) < 4.78 is 5.67. The molecule has 0 saturated carbocycles. The van der Waals surface area contributed by atoms with Gasteiger partial charge in [-0.3, -0.25) is 5.32 Å². The fraction of sp³-hybridized carbons (Fsp3) is 0.333. The van der Waals surface area contributed by atoms with Gasteiger partial charge in [-0.1, -0.05) is 12.1 Å². The highest BCUT2D eigenvalue weighted by Crippen LogP contribution is 2.25. The molecule has 2 aromatic rings. The SMILES string of the molecule is Cc1csc(NC(=O)NCOc2c(C)ccc(C)c2C)n1. The van der Waals surface area contributed by atoms with Crippen molar-refractivity contribution in [1.29, 1.82) is 0 Å². The van der Waals surface area contributed by atoms with Gasteiger partial charge in [0.25, 0.3) is 0 Å². The molecule has 2 amide bonds. The number of nitrogens with one attached hydrogen (secondary N) is 2. The predicted molar refractivity (Wildman–Crippen MR) is 85.2 cm³/mol. The summed E-state index contributed by atoms with van der Waals surface area (Å²) in [6.07, 6.45) is 0.